The zero-order chi connectivity index (χ0) is 23.2. The molecule has 3 aliphatic heterocycles. The van der Waals surface area contributed by atoms with Crippen molar-refractivity contribution in [3.8, 4) is 5.13 Å². The Labute approximate surface area is 207 Å². The van der Waals surface area contributed by atoms with Crippen molar-refractivity contribution in [2.45, 2.75) is 63.8 Å². The molecule has 1 amide bonds. The Morgan fingerprint density at radius 2 is 1.65 bits per heavy atom. The van der Waals surface area contributed by atoms with Crippen LogP contribution in [0, 0.1) is 0 Å². The minimum absolute atomic E-state index is 0.0384. The van der Waals surface area contributed by atoms with Crippen LogP contribution in [0.15, 0.2) is 18.3 Å². The lowest BCUT2D eigenvalue weighted by Gasteiger charge is -2.40. The zero-order valence-electron chi connectivity index (χ0n) is 20.3. The Morgan fingerprint density at radius 1 is 0.941 bits per heavy atom. The van der Waals surface area contributed by atoms with E-state index >= 15 is 0 Å². The third-order valence-corrected chi connectivity index (χ3v) is 8.60. The summed E-state index contributed by atoms with van der Waals surface area (Å²) in [6.45, 7) is 8.83. The van der Waals surface area contributed by atoms with Gasteiger partial charge in [-0.3, -0.25) is 9.36 Å². The van der Waals surface area contributed by atoms with Gasteiger partial charge in [-0.25, -0.2) is 0 Å². The summed E-state index contributed by atoms with van der Waals surface area (Å²) in [5.74, 6) is -0.0384. The smallest absolute Gasteiger partial charge is 0.268 e. The van der Waals surface area contributed by atoms with Crippen molar-refractivity contribution in [1.82, 2.24) is 29.9 Å². The number of carbonyl (C=O) groups is 1. The van der Waals surface area contributed by atoms with E-state index in [4.69, 9.17) is 0 Å². The molecule has 2 aromatic heterocycles. The van der Waals surface area contributed by atoms with Crippen LogP contribution >= 0.6 is 11.3 Å². The average Bonchev–Trinajstić information content (AvgIpc) is 3.58. The maximum atomic E-state index is 12.9. The summed E-state index contributed by atoms with van der Waals surface area (Å²) in [5.41, 5.74) is 0.628. The topological polar surface area (TPSA) is 69.5 Å². The van der Waals surface area contributed by atoms with Crippen molar-refractivity contribution in [2.75, 3.05) is 57.3 Å². The Morgan fingerprint density at radius 3 is 2.41 bits per heavy atom. The Kier molecular flexibility index (Phi) is 8.13. The maximum absolute atomic E-state index is 12.9. The van der Waals surface area contributed by atoms with Crippen molar-refractivity contribution in [3.05, 3.63) is 24.0 Å². The molecule has 34 heavy (non-hydrogen) atoms. The van der Waals surface area contributed by atoms with E-state index in [0.29, 0.717) is 12.2 Å². The number of hydrogen-bond donors (Lipinski definition) is 1. The summed E-state index contributed by atoms with van der Waals surface area (Å²) in [4.78, 5) is 20.5. The van der Waals surface area contributed by atoms with Crippen LogP contribution in [0.25, 0.3) is 5.13 Å². The van der Waals surface area contributed by atoms with E-state index < -0.39 is 0 Å². The first-order chi connectivity index (χ1) is 16.8. The molecule has 0 aliphatic carbocycles. The van der Waals surface area contributed by atoms with Crippen LogP contribution in [-0.4, -0.2) is 88.9 Å². The van der Waals surface area contributed by atoms with Gasteiger partial charge in [-0.15, -0.1) is 10.2 Å². The summed E-state index contributed by atoms with van der Waals surface area (Å²) in [7, 11) is 0. The average molecular weight is 486 g/mol. The number of anilines is 1. The zero-order valence-corrected chi connectivity index (χ0v) is 21.1. The van der Waals surface area contributed by atoms with E-state index in [0.717, 1.165) is 42.4 Å². The monoisotopic (exact) mass is 485 g/mol. The Hall–Kier alpha value is -1.97. The van der Waals surface area contributed by atoms with Crippen LogP contribution in [0.1, 0.15) is 68.3 Å². The van der Waals surface area contributed by atoms with E-state index in [2.05, 4.69) is 30.2 Å². The van der Waals surface area contributed by atoms with Crippen LogP contribution in [0.5, 0.6) is 0 Å². The van der Waals surface area contributed by atoms with Gasteiger partial charge >= 0.3 is 0 Å². The standard InChI is InChI=1S/C25H39N7OS/c33-23(26-12-8-13-29-19-10-21(11-20-29)30-14-3-1-4-15-30)22-9-7-18-32(22)25-28-27-24(34-25)31-16-5-2-6-17-31/h7,9,18,21H,1-6,8,10-17,19-20H2,(H,26,33). The van der Waals surface area contributed by atoms with Crippen molar-refractivity contribution < 1.29 is 4.79 Å². The quantitative estimate of drug-likeness (QED) is 0.578. The lowest BCUT2D eigenvalue weighted by Crippen LogP contribution is -2.47. The van der Waals surface area contributed by atoms with Crippen LogP contribution in [0.2, 0.25) is 0 Å². The fourth-order valence-electron chi connectivity index (χ4n) is 5.64. The highest BCUT2D eigenvalue weighted by Crippen LogP contribution is 2.27. The number of rotatable bonds is 8. The largest absolute Gasteiger partial charge is 0.351 e. The molecule has 5 heterocycles. The molecule has 5 rings (SSSR count). The molecule has 0 unspecified atom stereocenters. The minimum Gasteiger partial charge on any atom is -0.351 e. The van der Waals surface area contributed by atoms with Gasteiger partial charge in [0.25, 0.3) is 5.91 Å². The highest BCUT2D eigenvalue weighted by atomic mass is 32.1. The van der Waals surface area contributed by atoms with Gasteiger partial charge < -0.3 is 20.0 Å². The summed E-state index contributed by atoms with van der Waals surface area (Å²) in [6, 6.07) is 4.56. The van der Waals surface area contributed by atoms with Crippen molar-refractivity contribution in [2.24, 2.45) is 0 Å². The second kappa shape index (κ2) is 11.6. The molecule has 2 aromatic rings. The van der Waals surface area contributed by atoms with E-state index in [-0.39, 0.29) is 5.91 Å². The fraction of sp³-hybridized carbons (Fsp3) is 0.720. The third kappa shape index (κ3) is 5.80. The number of piperidine rings is 3. The normalized spacial score (nSPS) is 21.1. The van der Waals surface area contributed by atoms with Crippen molar-refractivity contribution in [3.63, 3.8) is 0 Å². The number of hydrogen-bond acceptors (Lipinski definition) is 7. The van der Waals surface area contributed by atoms with Gasteiger partial charge in [0.15, 0.2) is 0 Å². The number of carbonyl (C=O) groups excluding carboxylic acids is 1. The van der Waals surface area contributed by atoms with Gasteiger partial charge in [-0.1, -0.05) is 17.8 Å². The molecule has 0 bridgehead atoms. The minimum atomic E-state index is -0.0384. The van der Waals surface area contributed by atoms with E-state index in [1.807, 2.05) is 22.9 Å². The van der Waals surface area contributed by atoms with E-state index in [1.165, 1.54) is 77.5 Å². The first-order valence-electron chi connectivity index (χ1n) is 13.3. The highest BCUT2D eigenvalue weighted by molar-refractivity contribution is 7.17. The second-order valence-electron chi connectivity index (χ2n) is 9.96. The molecule has 186 valence electrons. The molecule has 0 aromatic carbocycles. The Balaban J connectivity index is 1.05. The van der Waals surface area contributed by atoms with Gasteiger partial charge in [0.05, 0.1) is 0 Å². The first kappa shape index (κ1) is 23.8. The van der Waals surface area contributed by atoms with Crippen LogP contribution in [0.3, 0.4) is 0 Å². The summed E-state index contributed by atoms with van der Waals surface area (Å²) in [5, 5.41) is 13.6. The summed E-state index contributed by atoms with van der Waals surface area (Å²) >= 11 is 1.56. The number of nitrogens with zero attached hydrogens (tertiary/aromatic N) is 6. The number of likely N-dealkylation sites (tertiary alicyclic amines) is 2. The lowest BCUT2D eigenvalue weighted by atomic mass is 10.00. The van der Waals surface area contributed by atoms with Crippen LogP contribution in [0.4, 0.5) is 5.13 Å². The molecule has 0 radical (unpaired) electrons. The molecule has 1 N–H and O–H groups in total. The summed E-state index contributed by atoms with van der Waals surface area (Å²) in [6.07, 6.45) is 13.4. The van der Waals surface area contributed by atoms with Gasteiger partial charge in [0.1, 0.15) is 5.69 Å². The Bertz CT molecular complexity index is 908. The number of aromatic nitrogens is 3. The van der Waals surface area contributed by atoms with Gasteiger partial charge in [-0.2, -0.15) is 0 Å². The van der Waals surface area contributed by atoms with Crippen molar-refractivity contribution >= 4 is 22.4 Å². The van der Waals surface area contributed by atoms with Gasteiger partial charge in [0, 0.05) is 31.9 Å². The molecule has 0 atom stereocenters. The molecular weight excluding hydrogens is 446 g/mol. The molecule has 9 heteroatoms. The molecule has 3 aliphatic rings. The van der Waals surface area contributed by atoms with Crippen LogP contribution in [-0.2, 0) is 0 Å². The number of nitrogens with one attached hydrogen (secondary N) is 1. The maximum Gasteiger partial charge on any atom is 0.268 e. The molecule has 3 fully saturated rings. The first-order valence-corrected chi connectivity index (χ1v) is 14.1. The molecule has 0 saturated carbocycles. The highest BCUT2D eigenvalue weighted by Gasteiger charge is 2.25. The predicted octanol–water partition coefficient (Wildman–Crippen LogP) is 3.39. The molecular formula is C25H39N7OS. The fourth-order valence-corrected chi connectivity index (χ4v) is 6.53. The molecule has 3 saturated heterocycles. The van der Waals surface area contributed by atoms with E-state index in [1.54, 1.807) is 11.3 Å². The lowest BCUT2D eigenvalue weighted by molar-refractivity contribution is 0.0900. The van der Waals surface area contributed by atoms with Gasteiger partial charge in [0.2, 0.25) is 10.3 Å². The van der Waals surface area contributed by atoms with E-state index in [9.17, 15) is 4.79 Å². The molecule has 8 nitrogen and oxygen atoms in total. The predicted molar refractivity (Wildman–Crippen MR) is 137 cm³/mol. The second-order valence-corrected chi connectivity index (χ2v) is 10.9. The SMILES string of the molecule is O=C(NCCCN1CCC(N2CCCCC2)CC1)c1cccn1-c1nnc(N2CCCCC2)s1. The molecule has 0 spiro atoms. The van der Waals surface area contributed by atoms with Crippen LogP contribution < -0.4 is 10.2 Å². The number of amides is 1. The third-order valence-electron chi connectivity index (χ3n) is 7.62. The van der Waals surface area contributed by atoms with Crippen molar-refractivity contribution in [1.29, 1.82) is 0 Å². The summed E-state index contributed by atoms with van der Waals surface area (Å²) < 4.78 is 1.87. The van der Waals surface area contributed by atoms with Gasteiger partial charge in [-0.05, 0) is 96.2 Å².